The second-order valence-corrected chi connectivity index (χ2v) is 7.86. The molecule has 0 bridgehead atoms. The Hall–Kier alpha value is -1.95. The minimum atomic E-state index is 0.516. The molecule has 5 heteroatoms. The Morgan fingerprint density at radius 2 is 2.04 bits per heavy atom. The largest absolute Gasteiger partial charge is 0.459 e. The van der Waals surface area contributed by atoms with E-state index >= 15 is 0 Å². The summed E-state index contributed by atoms with van der Waals surface area (Å²) in [5.74, 6) is 2.81. The zero-order valence-electron chi connectivity index (χ0n) is 14.4. The number of hydrogen-bond acceptors (Lipinski definition) is 5. The van der Waals surface area contributed by atoms with Gasteiger partial charge in [-0.15, -0.1) is 11.3 Å². The first-order valence-electron chi connectivity index (χ1n) is 8.72. The molecule has 1 fully saturated rings. The molecule has 0 radical (unpaired) electrons. The summed E-state index contributed by atoms with van der Waals surface area (Å²) in [6.07, 6.45) is 1.98. The van der Waals surface area contributed by atoms with Crippen molar-refractivity contribution in [2.45, 2.75) is 19.4 Å². The lowest BCUT2D eigenvalue weighted by molar-refractivity contribution is 0.319. The molecule has 4 rings (SSSR count). The molecule has 130 valence electrons. The molecule has 4 nitrogen and oxygen atoms in total. The van der Waals surface area contributed by atoms with Gasteiger partial charge in [-0.1, -0.05) is 30.3 Å². The first kappa shape index (κ1) is 16.5. The highest BCUT2D eigenvalue weighted by Gasteiger charge is 2.32. The molecule has 0 amide bonds. The van der Waals surface area contributed by atoms with E-state index in [9.17, 15) is 0 Å². The molecule has 0 unspecified atom stereocenters. The fraction of sp³-hybridized carbons (Fsp3) is 0.350. The van der Waals surface area contributed by atoms with Gasteiger partial charge >= 0.3 is 0 Å². The number of thiazole rings is 1. The summed E-state index contributed by atoms with van der Waals surface area (Å²) in [5, 5.41) is 0.956. The summed E-state index contributed by atoms with van der Waals surface area (Å²) in [6, 6.07) is 14.7. The highest BCUT2D eigenvalue weighted by molar-refractivity contribution is 7.14. The van der Waals surface area contributed by atoms with E-state index in [2.05, 4.69) is 40.2 Å². The Bertz CT molecular complexity index is 826. The monoisotopic (exact) mass is 353 g/mol. The van der Waals surface area contributed by atoms with Gasteiger partial charge in [0.05, 0.1) is 0 Å². The van der Waals surface area contributed by atoms with Crippen LogP contribution < -0.4 is 5.73 Å². The third-order valence-electron chi connectivity index (χ3n) is 4.93. The first-order valence-corrected chi connectivity index (χ1v) is 9.53. The van der Waals surface area contributed by atoms with Crippen LogP contribution in [0.2, 0.25) is 0 Å². The minimum absolute atomic E-state index is 0.516. The Balaban J connectivity index is 1.46. The molecule has 1 saturated heterocycles. The van der Waals surface area contributed by atoms with Gasteiger partial charge in [0.15, 0.2) is 10.8 Å². The van der Waals surface area contributed by atoms with Crippen molar-refractivity contribution in [3.8, 4) is 10.8 Å². The van der Waals surface area contributed by atoms with Crippen molar-refractivity contribution in [3.63, 3.8) is 0 Å². The van der Waals surface area contributed by atoms with Crippen LogP contribution in [-0.2, 0) is 6.54 Å². The van der Waals surface area contributed by atoms with E-state index in [1.165, 1.54) is 10.4 Å². The molecule has 1 aromatic carbocycles. The van der Waals surface area contributed by atoms with Gasteiger partial charge in [0, 0.05) is 36.6 Å². The minimum Gasteiger partial charge on any atom is -0.459 e. The highest BCUT2D eigenvalue weighted by atomic mass is 32.1. The van der Waals surface area contributed by atoms with Crippen LogP contribution in [0.1, 0.15) is 22.1 Å². The molecule has 2 N–H and O–H groups in total. The standard InChI is InChI=1S/C20H23N3OS/c1-14-7-8-19(24-14)20-22-10-17(25-20)12-23-11-16(9-21)18(13-23)15-5-3-2-4-6-15/h2-8,10,16,18H,9,11-13,21H2,1H3/t16-,18+/m1/s1. The van der Waals surface area contributed by atoms with Gasteiger partial charge in [0.2, 0.25) is 0 Å². The molecule has 2 aromatic heterocycles. The van der Waals surface area contributed by atoms with E-state index in [4.69, 9.17) is 10.2 Å². The van der Waals surface area contributed by atoms with Gasteiger partial charge in [-0.25, -0.2) is 4.98 Å². The van der Waals surface area contributed by atoms with Crippen LogP contribution in [0.15, 0.2) is 53.1 Å². The average Bonchev–Trinajstić information content (AvgIpc) is 3.35. The van der Waals surface area contributed by atoms with Crippen LogP contribution >= 0.6 is 11.3 Å². The Labute approximate surface area is 152 Å². The summed E-state index contributed by atoms with van der Waals surface area (Å²) in [7, 11) is 0. The maximum absolute atomic E-state index is 6.05. The molecule has 0 saturated carbocycles. The first-order chi connectivity index (χ1) is 12.2. The van der Waals surface area contributed by atoms with Crippen molar-refractivity contribution in [3.05, 3.63) is 64.9 Å². The molecule has 3 heterocycles. The topological polar surface area (TPSA) is 55.3 Å². The van der Waals surface area contributed by atoms with Crippen molar-refractivity contribution in [1.29, 1.82) is 0 Å². The fourth-order valence-electron chi connectivity index (χ4n) is 3.67. The van der Waals surface area contributed by atoms with E-state index < -0.39 is 0 Å². The lowest BCUT2D eigenvalue weighted by atomic mass is 9.89. The molecule has 3 aromatic rings. The quantitative estimate of drug-likeness (QED) is 0.756. The van der Waals surface area contributed by atoms with E-state index in [0.29, 0.717) is 11.8 Å². The molecule has 2 atom stereocenters. The van der Waals surface area contributed by atoms with Gasteiger partial charge in [-0.3, -0.25) is 4.90 Å². The van der Waals surface area contributed by atoms with Crippen molar-refractivity contribution in [1.82, 2.24) is 9.88 Å². The van der Waals surface area contributed by atoms with Crippen molar-refractivity contribution in [2.24, 2.45) is 11.7 Å². The van der Waals surface area contributed by atoms with Crippen LogP contribution in [0.5, 0.6) is 0 Å². The number of hydrogen-bond donors (Lipinski definition) is 1. The van der Waals surface area contributed by atoms with E-state index in [1.54, 1.807) is 11.3 Å². The second kappa shape index (κ2) is 7.12. The predicted molar refractivity (Wildman–Crippen MR) is 102 cm³/mol. The maximum atomic E-state index is 6.05. The highest BCUT2D eigenvalue weighted by Crippen LogP contribution is 2.34. The summed E-state index contributed by atoms with van der Waals surface area (Å²) in [6.45, 7) is 5.72. The number of furan rings is 1. The van der Waals surface area contributed by atoms with Crippen molar-refractivity contribution < 1.29 is 4.42 Å². The normalized spacial score (nSPS) is 21.0. The molecule has 0 spiro atoms. The van der Waals surface area contributed by atoms with Crippen molar-refractivity contribution in [2.75, 3.05) is 19.6 Å². The summed E-state index contributed by atoms with van der Waals surface area (Å²) < 4.78 is 5.68. The second-order valence-electron chi connectivity index (χ2n) is 6.75. The number of nitrogens with zero attached hydrogens (tertiary/aromatic N) is 2. The SMILES string of the molecule is Cc1ccc(-c2ncc(CN3C[C@@H](CN)[C@H](c4ccccc4)C3)s2)o1. The van der Waals surface area contributed by atoms with Crippen molar-refractivity contribution >= 4 is 11.3 Å². The van der Waals surface area contributed by atoms with Crippen LogP contribution in [0.3, 0.4) is 0 Å². The molecule has 1 aliphatic rings. The fourth-order valence-corrected chi connectivity index (χ4v) is 4.59. The maximum Gasteiger partial charge on any atom is 0.162 e. The smallest absolute Gasteiger partial charge is 0.162 e. The predicted octanol–water partition coefficient (Wildman–Crippen LogP) is 3.89. The molecular weight excluding hydrogens is 330 g/mol. The summed E-state index contributed by atoms with van der Waals surface area (Å²) >= 11 is 1.71. The Morgan fingerprint density at radius 3 is 2.76 bits per heavy atom. The summed E-state index contributed by atoms with van der Waals surface area (Å²) in [4.78, 5) is 8.30. The van der Waals surface area contributed by atoms with Gasteiger partial charge in [0.1, 0.15) is 5.76 Å². The van der Waals surface area contributed by atoms with Gasteiger partial charge in [0.25, 0.3) is 0 Å². The van der Waals surface area contributed by atoms with Crippen LogP contribution in [0.25, 0.3) is 10.8 Å². The third-order valence-corrected chi connectivity index (χ3v) is 5.93. The average molecular weight is 353 g/mol. The van der Waals surface area contributed by atoms with E-state index in [0.717, 1.165) is 42.7 Å². The zero-order chi connectivity index (χ0) is 17.2. The van der Waals surface area contributed by atoms with Gasteiger partial charge in [-0.2, -0.15) is 0 Å². The number of nitrogens with two attached hydrogens (primary N) is 1. The molecule has 25 heavy (non-hydrogen) atoms. The summed E-state index contributed by atoms with van der Waals surface area (Å²) in [5.41, 5.74) is 7.45. The Morgan fingerprint density at radius 1 is 1.20 bits per heavy atom. The zero-order valence-corrected chi connectivity index (χ0v) is 15.2. The number of aryl methyl sites for hydroxylation is 1. The number of benzene rings is 1. The van der Waals surface area contributed by atoms with Crippen LogP contribution in [-0.4, -0.2) is 29.5 Å². The molecule has 1 aliphatic heterocycles. The van der Waals surface area contributed by atoms with Crippen LogP contribution in [0.4, 0.5) is 0 Å². The van der Waals surface area contributed by atoms with Gasteiger partial charge in [-0.05, 0) is 37.1 Å². The van der Waals surface area contributed by atoms with E-state index in [-0.39, 0.29) is 0 Å². The Kier molecular flexibility index (Phi) is 4.70. The molecule has 0 aliphatic carbocycles. The number of aromatic nitrogens is 1. The number of rotatable bonds is 5. The van der Waals surface area contributed by atoms with Gasteiger partial charge < -0.3 is 10.2 Å². The molecular formula is C20H23N3OS. The van der Waals surface area contributed by atoms with E-state index in [1.807, 2.05) is 25.3 Å². The third kappa shape index (κ3) is 3.54. The lowest BCUT2D eigenvalue weighted by Crippen LogP contribution is -2.22. The number of likely N-dealkylation sites (tertiary alicyclic amines) is 1. The van der Waals surface area contributed by atoms with Crippen LogP contribution in [0, 0.1) is 12.8 Å². The lowest BCUT2D eigenvalue weighted by Gasteiger charge is -2.16.